The number of amides is 2. The Morgan fingerprint density at radius 1 is 0.765 bits per heavy atom. The quantitative estimate of drug-likeness (QED) is 0.0614. The Morgan fingerprint density at radius 3 is 1.96 bits per heavy atom. The van der Waals surface area contributed by atoms with Crippen molar-refractivity contribution in [3.63, 3.8) is 0 Å². The highest BCUT2D eigenvalue weighted by atomic mass is 35.5. The number of hydrogen-bond donors (Lipinski definition) is 2. The smallest absolute Gasteiger partial charge is 0.280 e. The zero-order valence-electron chi connectivity index (χ0n) is 28.9. The predicted octanol–water partition coefficient (Wildman–Crippen LogP) is 13.6. The van der Waals surface area contributed by atoms with Gasteiger partial charge in [-0.15, -0.1) is 0 Å². The van der Waals surface area contributed by atoms with Gasteiger partial charge in [0.2, 0.25) is 11.9 Å². The number of carbonyl (C=O) groups is 2. The van der Waals surface area contributed by atoms with E-state index in [0.717, 1.165) is 35.4 Å². The first-order valence-electron chi connectivity index (χ1n) is 17.2. The van der Waals surface area contributed by atoms with E-state index in [0.29, 0.717) is 17.8 Å². The molecule has 1 unspecified atom stereocenters. The van der Waals surface area contributed by atoms with Gasteiger partial charge in [-0.3, -0.25) is 15.0 Å². The summed E-state index contributed by atoms with van der Waals surface area (Å²) in [5, 5.41) is 12.5. The van der Waals surface area contributed by atoms with E-state index in [1.165, 1.54) is 51.4 Å². The fraction of sp³-hybridized carbons (Fsp3) is 0.432. The highest BCUT2D eigenvalue weighted by Gasteiger charge is 2.42. The summed E-state index contributed by atoms with van der Waals surface area (Å²) < 4.78 is 0. The first-order chi connectivity index (χ1) is 24.4. The molecule has 0 radical (unpaired) electrons. The number of azo groups is 1. The SMILES string of the molecule is CCCCCCCCCCCCCC(=O)Nc1ccc(Cl)c(N=C2NN(c3c(Cl)c(Cl)c(Cl)c(Cl)c3Cl)C(=O)C2N=Nc2ccc(C)c(C)c2)c1. The summed E-state index contributed by atoms with van der Waals surface area (Å²) in [4.78, 5) is 31.4. The van der Waals surface area contributed by atoms with Crippen LogP contribution >= 0.6 is 69.6 Å². The topological polar surface area (TPSA) is 98.5 Å². The number of unbranched alkanes of at least 4 members (excludes halogenated alkanes) is 10. The molecule has 1 aliphatic rings. The molecule has 1 saturated heterocycles. The molecule has 2 amide bonds. The van der Waals surface area contributed by atoms with Crippen molar-refractivity contribution in [1.82, 2.24) is 5.43 Å². The highest BCUT2D eigenvalue weighted by Crippen LogP contribution is 2.48. The lowest BCUT2D eigenvalue weighted by Gasteiger charge is -2.21. The first kappa shape index (κ1) is 41.2. The number of halogens is 6. The maximum absolute atomic E-state index is 13.9. The maximum atomic E-state index is 13.9. The second-order valence-corrected chi connectivity index (χ2v) is 14.9. The van der Waals surface area contributed by atoms with Crippen molar-refractivity contribution >= 4 is 110 Å². The standard InChI is InChI=1S/C37H42Cl6N6O2/c1-4-5-6-7-8-9-10-11-12-13-14-15-28(50)44-24-18-19-26(38)27(21-24)45-36-34(47-46-25-17-16-22(2)23(3)20-25)37(51)49(48-36)35-32(42)30(40)29(39)31(41)33(35)43/h16-21,34H,4-15H2,1-3H3,(H,44,50)(H,45,48). The summed E-state index contributed by atoms with van der Waals surface area (Å²) in [6.45, 7) is 6.17. The molecule has 0 aromatic heterocycles. The lowest BCUT2D eigenvalue weighted by molar-refractivity contribution is -0.118. The number of nitrogens with one attached hydrogen (secondary N) is 2. The number of aliphatic imine (C=N–C) groups is 1. The van der Waals surface area contributed by atoms with Crippen molar-refractivity contribution in [2.24, 2.45) is 15.2 Å². The van der Waals surface area contributed by atoms with Crippen LogP contribution in [0.25, 0.3) is 0 Å². The molecule has 14 heteroatoms. The lowest BCUT2D eigenvalue weighted by atomic mass is 10.1. The van der Waals surface area contributed by atoms with E-state index >= 15 is 0 Å². The number of hydrazine groups is 1. The molecule has 51 heavy (non-hydrogen) atoms. The molecular formula is C37H42Cl6N6O2. The van der Waals surface area contributed by atoms with Crippen LogP contribution in [0.3, 0.4) is 0 Å². The molecule has 1 atom stereocenters. The molecule has 1 heterocycles. The Labute approximate surface area is 330 Å². The van der Waals surface area contributed by atoms with Gasteiger partial charge in [0.1, 0.15) is 5.69 Å². The van der Waals surface area contributed by atoms with Gasteiger partial charge in [-0.05, 0) is 61.7 Å². The average Bonchev–Trinajstić information content (AvgIpc) is 3.40. The minimum Gasteiger partial charge on any atom is -0.326 e. The van der Waals surface area contributed by atoms with Crippen LogP contribution in [-0.2, 0) is 9.59 Å². The van der Waals surface area contributed by atoms with E-state index in [4.69, 9.17) is 69.6 Å². The largest absolute Gasteiger partial charge is 0.326 e. The van der Waals surface area contributed by atoms with Gasteiger partial charge in [0, 0.05) is 12.1 Å². The minimum absolute atomic E-state index is 0.0335. The Balaban J connectivity index is 1.49. The second-order valence-electron chi connectivity index (χ2n) is 12.6. The summed E-state index contributed by atoms with van der Waals surface area (Å²) >= 11 is 38.4. The van der Waals surface area contributed by atoms with Crippen LogP contribution in [-0.4, -0.2) is 23.7 Å². The highest BCUT2D eigenvalue weighted by molar-refractivity contribution is 6.57. The van der Waals surface area contributed by atoms with Gasteiger partial charge in [-0.2, -0.15) is 10.2 Å². The van der Waals surface area contributed by atoms with Crippen LogP contribution in [0.5, 0.6) is 0 Å². The molecular weight excluding hydrogens is 773 g/mol. The number of nitrogens with zero attached hydrogens (tertiary/aromatic N) is 4. The van der Waals surface area contributed by atoms with Gasteiger partial charge in [-0.1, -0.05) is 147 Å². The molecule has 8 nitrogen and oxygen atoms in total. The fourth-order valence-electron chi connectivity index (χ4n) is 5.51. The van der Waals surface area contributed by atoms with Crippen LogP contribution in [0, 0.1) is 13.8 Å². The van der Waals surface area contributed by atoms with Crippen molar-refractivity contribution in [3.8, 4) is 0 Å². The zero-order valence-corrected chi connectivity index (χ0v) is 33.4. The van der Waals surface area contributed by atoms with Gasteiger partial charge in [0.15, 0.2) is 5.84 Å². The number of amidine groups is 1. The van der Waals surface area contributed by atoms with Crippen molar-refractivity contribution in [2.75, 3.05) is 10.3 Å². The molecule has 0 bridgehead atoms. The molecule has 0 spiro atoms. The third-order valence-corrected chi connectivity index (χ3v) is 11.2. The number of hydrogen-bond acceptors (Lipinski definition) is 5. The van der Waals surface area contributed by atoms with E-state index < -0.39 is 11.9 Å². The molecule has 0 aliphatic carbocycles. The summed E-state index contributed by atoms with van der Waals surface area (Å²) in [6, 6.07) is 9.22. The Morgan fingerprint density at radius 2 is 1.35 bits per heavy atom. The summed E-state index contributed by atoms with van der Waals surface area (Å²) in [7, 11) is 0. The third-order valence-electron chi connectivity index (χ3n) is 8.61. The maximum Gasteiger partial charge on any atom is 0.280 e. The van der Waals surface area contributed by atoms with Crippen molar-refractivity contribution in [2.45, 2.75) is 104 Å². The van der Waals surface area contributed by atoms with Crippen molar-refractivity contribution in [3.05, 3.63) is 77.7 Å². The van der Waals surface area contributed by atoms with Crippen LogP contribution in [0.1, 0.15) is 95.1 Å². The first-order valence-corrected chi connectivity index (χ1v) is 19.5. The van der Waals surface area contributed by atoms with Crippen LogP contribution in [0.15, 0.2) is 51.6 Å². The fourth-order valence-corrected chi connectivity index (χ4v) is 6.96. The van der Waals surface area contributed by atoms with Crippen LogP contribution in [0.4, 0.5) is 22.7 Å². The molecule has 3 aromatic rings. The van der Waals surface area contributed by atoms with E-state index in [1.807, 2.05) is 26.0 Å². The number of aryl methyl sites for hydroxylation is 2. The van der Waals surface area contributed by atoms with Gasteiger partial charge in [0.05, 0.1) is 41.5 Å². The van der Waals surface area contributed by atoms with E-state index in [-0.39, 0.29) is 53.3 Å². The Hall–Kier alpha value is -2.59. The predicted molar refractivity (Wildman–Crippen MR) is 215 cm³/mol. The molecule has 1 fully saturated rings. The van der Waals surface area contributed by atoms with Crippen molar-refractivity contribution < 1.29 is 9.59 Å². The van der Waals surface area contributed by atoms with Crippen LogP contribution in [0.2, 0.25) is 30.1 Å². The summed E-state index contributed by atoms with van der Waals surface area (Å²) in [5.74, 6) is -0.659. The van der Waals surface area contributed by atoms with E-state index in [9.17, 15) is 9.59 Å². The summed E-state index contributed by atoms with van der Waals surface area (Å²) in [5.41, 5.74) is 6.30. The molecule has 2 N–H and O–H groups in total. The molecule has 1 aliphatic heterocycles. The molecule has 0 saturated carbocycles. The minimum atomic E-state index is -1.26. The number of carbonyl (C=O) groups excluding carboxylic acids is 2. The third kappa shape index (κ3) is 11.2. The monoisotopic (exact) mass is 812 g/mol. The molecule has 4 rings (SSSR count). The van der Waals surface area contributed by atoms with Gasteiger partial charge >= 0.3 is 0 Å². The number of rotatable bonds is 17. The van der Waals surface area contributed by atoms with Gasteiger partial charge in [-0.25, -0.2) is 10.0 Å². The molecule has 274 valence electrons. The van der Waals surface area contributed by atoms with Crippen molar-refractivity contribution in [1.29, 1.82) is 0 Å². The number of anilines is 2. The zero-order chi connectivity index (χ0) is 37.1. The second kappa shape index (κ2) is 20.0. The summed E-state index contributed by atoms with van der Waals surface area (Å²) in [6.07, 6.45) is 13.7. The van der Waals surface area contributed by atoms with Gasteiger partial charge in [0.25, 0.3) is 5.91 Å². The normalized spacial score (nSPS) is 15.3. The van der Waals surface area contributed by atoms with E-state index in [1.54, 1.807) is 24.3 Å². The number of benzene rings is 3. The average molecular weight is 816 g/mol. The van der Waals surface area contributed by atoms with Crippen LogP contribution < -0.4 is 15.8 Å². The van der Waals surface area contributed by atoms with Gasteiger partial charge < -0.3 is 5.32 Å². The molecule has 3 aromatic carbocycles. The lowest BCUT2D eigenvalue weighted by Crippen LogP contribution is -2.36. The van der Waals surface area contributed by atoms with E-state index in [2.05, 4.69) is 32.9 Å². The Bertz CT molecular complexity index is 1750. The Kier molecular flexibility index (Phi) is 16.2.